The second-order valence-electron chi connectivity index (χ2n) is 5.81. The van der Waals surface area contributed by atoms with Crippen LogP contribution in [0.3, 0.4) is 0 Å². The van der Waals surface area contributed by atoms with Gasteiger partial charge in [0.25, 0.3) is 0 Å². The lowest BCUT2D eigenvalue weighted by Crippen LogP contribution is -2.46. The number of rotatable bonds is 4. The number of anilines is 1. The normalized spacial score (nSPS) is 27.2. The molecule has 1 aliphatic carbocycles. The SMILES string of the molecule is CC1CCCC(CO)(Nc2ccccc2S(N)(=O)=O)C1. The van der Waals surface area contributed by atoms with E-state index in [1.54, 1.807) is 18.2 Å². The zero-order valence-corrected chi connectivity index (χ0v) is 12.5. The van der Waals surface area contributed by atoms with Crippen molar-refractivity contribution in [3.63, 3.8) is 0 Å². The van der Waals surface area contributed by atoms with Crippen LogP contribution in [0.1, 0.15) is 32.6 Å². The molecule has 1 aromatic rings. The third kappa shape index (κ3) is 3.31. The van der Waals surface area contributed by atoms with E-state index in [1.165, 1.54) is 6.07 Å². The second kappa shape index (κ2) is 5.71. The average Bonchev–Trinajstić information content (AvgIpc) is 2.38. The molecule has 0 radical (unpaired) electrons. The molecule has 112 valence electrons. The number of nitrogens with one attached hydrogen (secondary N) is 1. The van der Waals surface area contributed by atoms with Gasteiger partial charge in [-0.3, -0.25) is 0 Å². The summed E-state index contributed by atoms with van der Waals surface area (Å²) < 4.78 is 23.3. The largest absolute Gasteiger partial charge is 0.394 e. The van der Waals surface area contributed by atoms with E-state index in [0.29, 0.717) is 11.6 Å². The number of hydrogen-bond acceptors (Lipinski definition) is 4. The van der Waals surface area contributed by atoms with Gasteiger partial charge in [0.05, 0.1) is 17.8 Å². The molecule has 0 bridgehead atoms. The quantitative estimate of drug-likeness (QED) is 0.788. The van der Waals surface area contributed by atoms with E-state index in [1.807, 2.05) is 0 Å². The van der Waals surface area contributed by atoms with Crippen LogP contribution in [0, 0.1) is 5.92 Å². The minimum atomic E-state index is -3.78. The van der Waals surface area contributed by atoms with Gasteiger partial charge in [0.2, 0.25) is 10.0 Å². The van der Waals surface area contributed by atoms with Crippen LogP contribution in [-0.4, -0.2) is 25.7 Å². The van der Waals surface area contributed by atoms with Gasteiger partial charge in [-0.2, -0.15) is 0 Å². The molecular formula is C14H22N2O3S. The Kier molecular flexibility index (Phi) is 4.36. The van der Waals surface area contributed by atoms with Crippen molar-refractivity contribution in [2.45, 2.75) is 43.0 Å². The number of benzene rings is 1. The van der Waals surface area contributed by atoms with Gasteiger partial charge in [-0.25, -0.2) is 13.6 Å². The summed E-state index contributed by atoms with van der Waals surface area (Å²) in [6.45, 7) is 2.13. The van der Waals surface area contributed by atoms with Gasteiger partial charge in [0.1, 0.15) is 4.90 Å². The highest BCUT2D eigenvalue weighted by Crippen LogP contribution is 2.36. The second-order valence-corrected chi connectivity index (χ2v) is 7.34. The Bertz CT molecular complexity index is 574. The Labute approximate surface area is 120 Å². The third-order valence-corrected chi connectivity index (χ3v) is 4.96. The summed E-state index contributed by atoms with van der Waals surface area (Å²) >= 11 is 0. The summed E-state index contributed by atoms with van der Waals surface area (Å²) in [6.07, 6.45) is 3.81. The van der Waals surface area contributed by atoms with Crippen molar-refractivity contribution in [3.05, 3.63) is 24.3 Å². The maximum Gasteiger partial charge on any atom is 0.240 e. The van der Waals surface area contributed by atoms with Gasteiger partial charge in [-0.15, -0.1) is 0 Å². The topological polar surface area (TPSA) is 92.4 Å². The minimum Gasteiger partial charge on any atom is -0.394 e. The third-order valence-electron chi connectivity index (χ3n) is 3.99. The van der Waals surface area contributed by atoms with Crippen molar-refractivity contribution in [2.24, 2.45) is 11.1 Å². The van der Waals surface area contributed by atoms with Crippen molar-refractivity contribution >= 4 is 15.7 Å². The van der Waals surface area contributed by atoms with Crippen molar-refractivity contribution in [1.82, 2.24) is 0 Å². The van der Waals surface area contributed by atoms with Crippen LogP contribution in [0.4, 0.5) is 5.69 Å². The number of nitrogens with two attached hydrogens (primary N) is 1. The summed E-state index contributed by atoms with van der Waals surface area (Å²) in [6, 6.07) is 6.57. The zero-order valence-electron chi connectivity index (χ0n) is 11.7. The van der Waals surface area contributed by atoms with E-state index in [4.69, 9.17) is 5.14 Å². The van der Waals surface area contributed by atoms with Crippen LogP contribution in [0.5, 0.6) is 0 Å². The predicted octanol–water partition coefficient (Wildman–Crippen LogP) is 1.69. The van der Waals surface area contributed by atoms with Gasteiger partial charge in [-0.1, -0.05) is 31.9 Å². The molecule has 2 rings (SSSR count). The molecule has 2 unspecified atom stereocenters. The van der Waals surface area contributed by atoms with Gasteiger partial charge in [0.15, 0.2) is 0 Å². The monoisotopic (exact) mass is 298 g/mol. The molecule has 4 N–H and O–H groups in total. The Morgan fingerprint density at radius 1 is 1.45 bits per heavy atom. The predicted molar refractivity (Wildman–Crippen MR) is 78.9 cm³/mol. The van der Waals surface area contributed by atoms with E-state index in [2.05, 4.69) is 12.2 Å². The number of hydrogen-bond donors (Lipinski definition) is 3. The molecule has 1 saturated carbocycles. The van der Waals surface area contributed by atoms with E-state index in [9.17, 15) is 13.5 Å². The van der Waals surface area contributed by atoms with Crippen LogP contribution >= 0.6 is 0 Å². The molecule has 0 heterocycles. The van der Waals surface area contributed by atoms with E-state index in [-0.39, 0.29) is 11.5 Å². The first kappa shape index (κ1) is 15.3. The molecule has 0 saturated heterocycles. The van der Waals surface area contributed by atoms with Gasteiger partial charge < -0.3 is 10.4 Å². The molecule has 2 atom stereocenters. The van der Waals surface area contributed by atoms with E-state index in [0.717, 1.165) is 25.7 Å². The van der Waals surface area contributed by atoms with Crippen LogP contribution in [0.15, 0.2) is 29.2 Å². The number of primary sulfonamides is 1. The standard InChI is InChI=1S/C14H22N2O3S/c1-11-5-4-8-14(9-11,10-17)16-12-6-2-3-7-13(12)20(15,18)19/h2-3,6-7,11,16-17H,4-5,8-10H2,1H3,(H2,15,18,19). The highest BCUT2D eigenvalue weighted by atomic mass is 32.2. The first-order chi connectivity index (χ1) is 9.36. The smallest absolute Gasteiger partial charge is 0.240 e. The summed E-state index contributed by atoms with van der Waals surface area (Å²) in [5.74, 6) is 0.505. The summed E-state index contributed by atoms with van der Waals surface area (Å²) in [5, 5.41) is 18.3. The lowest BCUT2D eigenvalue weighted by atomic mass is 9.76. The first-order valence-corrected chi connectivity index (χ1v) is 8.42. The van der Waals surface area contributed by atoms with Crippen molar-refractivity contribution in [2.75, 3.05) is 11.9 Å². The molecular weight excluding hydrogens is 276 g/mol. The van der Waals surface area contributed by atoms with Crippen molar-refractivity contribution in [1.29, 1.82) is 0 Å². The fourth-order valence-electron chi connectivity index (χ4n) is 3.06. The van der Waals surface area contributed by atoms with Crippen LogP contribution in [0.25, 0.3) is 0 Å². The molecule has 1 aromatic carbocycles. The Morgan fingerprint density at radius 2 is 2.15 bits per heavy atom. The Balaban J connectivity index is 2.33. The number of aliphatic hydroxyl groups excluding tert-OH is 1. The maximum atomic E-state index is 11.6. The van der Waals surface area contributed by atoms with Crippen LogP contribution in [-0.2, 0) is 10.0 Å². The molecule has 0 aliphatic heterocycles. The molecule has 0 amide bonds. The Morgan fingerprint density at radius 3 is 2.75 bits per heavy atom. The zero-order chi connectivity index (χ0) is 14.8. The highest BCUT2D eigenvalue weighted by Gasteiger charge is 2.35. The lowest BCUT2D eigenvalue weighted by molar-refractivity contribution is 0.149. The molecule has 1 fully saturated rings. The Hall–Kier alpha value is -1.11. The van der Waals surface area contributed by atoms with Crippen LogP contribution < -0.4 is 10.5 Å². The van der Waals surface area contributed by atoms with Gasteiger partial charge in [-0.05, 0) is 30.9 Å². The molecule has 20 heavy (non-hydrogen) atoms. The maximum absolute atomic E-state index is 11.6. The molecule has 5 nitrogen and oxygen atoms in total. The fourth-order valence-corrected chi connectivity index (χ4v) is 3.75. The van der Waals surface area contributed by atoms with Crippen molar-refractivity contribution in [3.8, 4) is 0 Å². The number of aliphatic hydroxyl groups is 1. The molecule has 0 aromatic heterocycles. The summed E-state index contributed by atoms with van der Waals surface area (Å²) in [5.41, 5.74) is 0.0106. The minimum absolute atomic E-state index is 0.0176. The average molecular weight is 298 g/mol. The number of sulfonamides is 1. The fraction of sp³-hybridized carbons (Fsp3) is 0.571. The van der Waals surface area contributed by atoms with E-state index < -0.39 is 15.6 Å². The first-order valence-electron chi connectivity index (χ1n) is 6.87. The highest BCUT2D eigenvalue weighted by molar-refractivity contribution is 7.89. The van der Waals surface area contributed by atoms with Crippen molar-refractivity contribution < 1.29 is 13.5 Å². The van der Waals surface area contributed by atoms with Crippen LogP contribution in [0.2, 0.25) is 0 Å². The summed E-state index contributed by atoms with van der Waals surface area (Å²) in [4.78, 5) is 0.0750. The van der Waals surface area contributed by atoms with Gasteiger partial charge >= 0.3 is 0 Å². The number of para-hydroxylation sites is 1. The molecule has 1 aliphatic rings. The molecule has 0 spiro atoms. The van der Waals surface area contributed by atoms with E-state index >= 15 is 0 Å². The molecule has 6 heteroatoms. The van der Waals surface area contributed by atoms with Gasteiger partial charge in [0, 0.05) is 0 Å². The lowest BCUT2D eigenvalue weighted by Gasteiger charge is -2.40. The summed E-state index contributed by atoms with van der Waals surface area (Å²) in [7, 11) is -3.78.